The van der Waals surface area contributed by atoms with Crippen LogP contribution in [-0.2, 0) is 4.79 Å². The van der Waals surface area contributed by atoms with Crippen LogP contribution in [0.5, 0.6) is 0 Å². The van der Waals surface area contributed by atoms with E-state index in [1.165, 1.54) is 19.3 Å². The summed E-state index contributed by atoms with van der Waals surface area (Å²) in [4.78, 5) is 26.8. The molecule has 3 amide bonds. The first kappa shape index (κ1) is 12.2. The number of amides is 3. The van der Waals surface area contributed by atoms with Crippen molar-refractivity contribution in [2.45, 2.75) is 38.1 Å². The standard InChI is InChI=1S/C12H21N3O2/c1-14-7-8-15(9-11(14)16)12(17)13-10-5-3-2-4-6-10/h10H,2-9H2,1H3,(H,13,17). The molecule has 0 aromatic rings. The van der Waals surface area contributed by atoms with Gasteiger partial charge in [0.05, 0.1) is 0 Å². The van der Waals surface area contributed by atoms with E-state index >= 15 is 0 Å². The number of rotatable bonds is 1. The minimum absolute atomic E-state index is 0.0232. The molecule has 2 fully saturated rings. The zero-order chi connectivity index (χ0) is 12.3. The molecule has 0 aromatic carbocycles. The van der Waals surface area contributed by atoms with Gasteiger partial charge in [-0.1, -0.05) is 19.3 Å². The number of nitrogens with one attached hydrogen (secondary N) is 1. The van der Waals surface area contributed by atoms with Crippen LogP contribution in [0, 0.1) is 0 Å². The second kappa shape index (κ2) is 5.38. The Morgan fingerprint density at radius 3 is 2.59 bits per heavy atom. The van der Waals surface area contributed by atoms with Crippen molar-refractivity contribution in [3.05, 3.63) is 0 Å². The Kier molecular flexibility index (Phi) is 3.86. The quantitative estimate of drug-likeness (QED) is 0.736. The van der Waals surface area contributed by atoms with Gasteiger partial charge in [0.25, 0.3) is 0 Å². The third kappa shape index (κ3) is 3.11. The molecular formula is C12H21N3O2. The average molecular weight is 239 g/mol. The number of carbonyl (C=O) groups is 2. The zero-order valence-corrected chi connectivity index (χ0v) is 10.4. The van der Waals surface area contributed by atoms with Crippen LogP contribution in [0.15, 0.2) is 0 Å². The van der Waals surface area contributed by atoms with E-state index in [-0.39, 0.29) is 18.5 Å². The molecular weight excluding hydrogens is 218 g/mol. The Labute approximate surface area is 102 Å². The van der Waals surface area contributed by atoms with Gasteiger partial charge in [0.1, 0.15) is 6.54 Å². The predicted octanol–water partition coefficient (Wildman–Crippen LogP) is 0.803. The van der Waals surface area contributed by atoms with E-state index in [1.54, 1.807) is 16.8 Å². The fourth-order valence-corrected chi connectivity index (χ4v) is 2.44. The van der Waals surface area contributed by atoms with Crippen molar-refractivity contribution in [2.75, 3.05) is 26.7 Å². The molecule has 1 N–H and O–H groups in total. The molecule has 0 radical (unpaired) electrons. The molecule has 1 aliphatic carbocycles. The predicted molar refractivity (Wildman–Crippen MR) is 64.6 cm³/mol. The first-order valence-electron chi connectivity index (χ1n) is 6.46. The lowest BCUT2D eigenvalue weighted by molar-refractivity contribution is -0.133. The Bertz CT molecular complexity index is 300. The second-order valence-electron chi connectivity index (χ2n) is 5.02. The van der Waals surface area contributed by atoms with Gasteiger partial charge in [-0.2, -0.15) is 0 Å². The maximum atomic E-state index is 12.0. The lowest BCUT2D eigenvalue weighted by Crippen LogP contribution is -2.55. The van der Waals surface area contributed by atoms with Gasteiger partial charge in [0.15, 0.2) is 0 Å². The summed E-state index contributed by atoms with van der Waals surface area (Å²) >= 11 is 0. The molecule has 0 unspecified atom stereocenters. The summed E-state index contributed by atoms with van der Waals surface area (Å²) in [6.07, 6.45) is 5.83. The van der Waals surface area contributed by atoms with Gasteiger partial charge in [-0.3, -0.25) is 4.79 Å². The van der Waals surface area contributed by atoms with Gasteiger partial charge in [0, 0.05) is 26.2 Å². The van der Waals surface area contributed by atoms with Crippen molar-refractivity contribution in [3.8, 4) is 0 Å². The number of hydrogen-bond acceptors (Lipinski definition) is 2. The van der Waals surface area contributed by atoms with E-state index in [9.17, 15) is 9.59 Å². The maximum Gasteiger partial charge on any atom is 0.318 e. The van der Waals surface area contributed by atoms with Crippen LogP contribution in [0.1, 0.15) is 32.1 Å². The Balaban J connectivity index is 1.81. The van der Waals surface area contributed by atoms with Crippen LogP contribution >= 0.6 is 0 Å². The highest BCUT2D eigenvalue weighted by Crippen LogP contribution is 2.17. The summed E-state index contributed by atoms with van der Waals surface area (Å²) in [7, 11) is 1.78. The number of urea groups is 1. The number of carbonyl (C=O) groups excluding carboxylic acids is 2. The second-order valence-corrected chi connectivity index (χ2v) is 5.02. The summed E-state index contributed by atoms with van der Waals surface area (Å²) in [5.41, 5.74) is 0. The van der Waals surface area contributed by atoms with Crippen LogP contribution in [0.3, 0.4) is 0 Å². The van der Waals surface area contributed by atoms with Gasteiger partial charge in [-0.15, -0.1) is 0 Å². The largest absolute Gasteiger partial charge is 0.342 e. The summed E-state index contributed by atoms with van der Waals surface area (Å²) in [6.45, 7) is 1.49. The van der Waals surface area contributed by atoms with Gasteiger partial charge in [0.2, 0.25) is 5.91 Å². The lowest BCUT2D eigenvalue weighted by Gasteiger charge is -2.33. The Hall–Kier alpha value is -1.26. The minimum atomic E-state index is -0.0710. The number of hydrogen-bond donors (Lipinski definition) is 1. The Morgan fingerprint density at radius 1 is 1.24 bits per heavy atom. The van der Waals surface area contributed by atoms with Crippen molar-refractivity contribution < 1.29 is 9.59 Å². The van der Waals surface area contributed by atoms with Gasteiger partial charge >= 0.3 is 6.03 Å². The van der Waals surface area contributed by atoms with Crippen molar-refractivity contribution in [3.63, 3.8) is 0 Å². The molecule has 17 heavy (non-hydrogen) atoms. The first-order valence-corrected chi connectivity index (χ1v) is 6.46. The smallest absolute Gasteiger partial charge is 0.318 e. The number of piperazine rings is 1. The fraction of sp³-hybridized carbons (Fsp3) is 0.833. The van der Waals surface area contributed by atoms with Crippen molar-refractivity contribution in [1.29, 1.82) is 0 Å². The molecule has 2 aliphatic rings. The highest BCUT2D eigenvalue weighted by molar-refractivity contribution is 5.85. The SMILES string of the molecule is CN1CCN(C(=O)NC2CCCCC2)CC1=O. The van der Waals surface area contributed by atoms with Crippen molar-refractivity contribution in [1.82, 2.24) is 15.1 Å². The monoisotopic (exact) mass is 239 g/mol. The third-order valence-electron chi connectivity index (χ3n) is 3.68. The van der Waals surface area contributed by atoms with E-state index in [4.69, 9.17) is 0 Å². The van der Waals surface area contributed by atoms with E-state index in [1.807, 2.05) is 0 Å². The normalized spacial score (nSPS) is 22.8. The van der Waals surface area contributed by atoms with Crippen LogP contribution in [0.4, 0.5) is 4.79 Å². The van der Waals surface area contributed by atoms with E-state index in [0.29, 0.717) is 19.1 Å². The topological polar surface area (TPSA) is 52.6 Å². The maximum absolute atomic E-state index is 12.0. The molecule has 1 aliphatic heterocycles. The first-order chi connectivity index (χ1) is 8.16. The van der Waals surface area contributed by atoms with Gasteiger partial charge in [-0.25, -0.2) is 4.79 Å². The molecule has 5 nitrogen and oxygen atoms in total. The fourth-order valence-electron chi connectivity index (χ4n) is 2.44. The Morgan fingerprint density at radius 2 is 1.94 bits per heavy atom. The van der Waals surface area contributed by atoms with Crippen LogP contribution in [-0.4, -0.2) is 54.5 Å². The van der Waals surface area contributed by atoms with E-state index in [0.717, 1.165) is 12.8 Å². The number of likely N-dealkylation sites (N-methyl/N-ethyl adjacent to an activating group) is 1. The summed E-state index contributed by atoms with van der Waals surface area (Å²) in [6, 6.07) is 0.240. The highest BCUT2D eigenvalue weighted by atomic mass is 16.2. The molecule has 96 valence electrons. The van der Waals surface area contributed by atoms with Gasteiger partial charge < -0.3 is 15.1 Å². The lowest BCUT2D eigenvalue weighted by atomic mass is 9.96. The molecule has 0 atom stereocenters. The molecule has 0 aromatic heterocycles. The summed E-state index contributed by atoms with van der Waals surface area (Å²) in [5.74, 6) is 0.0232. The van der Waals surface area contributed by atoms with Crippen molar-refractivity contribution >= 4 is 11.9 Å². The highest BCUT2D eigenvalue weighted by Gasteiger charge is 2.26. The molecule has 1 saturated carbocycles. The summed E-state index contributed by atoms with van der Waals surface area (Å²) < 4.78 is 0. The zero-order valence-electron chi connectivity index (χ0n) is 10.4. The minimum Gasteiger partial charge on any atom is -0.342 e. The van der Waals surface area contributed by atoms with Gasteiger partial charge in [-0.05, 0) is 12.8 Å². The van der Waals surface area contributed by atoms with Crippen LogP contribution < -0.4 is 5.32 Å². The summed E-state index contributed by atoms with van der Waals surface area (Å²) in [5, 5.41) is 3.04. The van der Waals surface area contributed by atoms with Crippen LogP contribution in [0.2, 0.25) is 0 Å². The van der Waals surface area contributed by atoms with E-state index < -0.39 is 0 Å². The molecule has 0 bridgehead atoms. The molecule has 1 heterocycles. The van der Waals surface area contributed by atoms with E-state index in [2.05, 4.69) is 5.32 Å². The molecule has 0 spiro atoms. The van der Waals surface area contributed by atoms with Crippen LogP contribution in [0.25, 0.3) is 0 Å². The average Bonchev–Trinajstić information content (AvgIpc) is 2.34. The third-order valence-corrected chi connectivity index (χ3v) is 3.68. The van der Waals surface area contributed by atoms with Crippen molar-refractivity contribution in [2.24, 2.45) is 0 Å². The molecule has 1 saturated heterocycles. The molecule has 2 rings (SSSR count). The molecule has 5 heteroatoms. The number of nitrogens with zero attached hydrogens (tertiary/aromatic N) is 2.